The van der Waals surface area contributed by atoms with Gasteiger partial charge in [0.2, 0.25) is 0 Å². The molecule has 1 unspecified atom stereocenters. The normalized spacial score (nSPS) is 14.2. The number of hydrogen-bond acceptors (Lipinski definition) is 3. The van der Waals surface area contributed by atoms with Crippen LogP contribution in [0.5, 0.6) is 5.75 Å². The third-order valence-electron chi connectivity index (χ3n) is 3.48. The van der Waals surface area contributed by atoms with Gasteiger partial charge in [0.25, 0.3) is 0 Å². The van der Waals surface area contributed by atoms with E-state index >= 15 is 0 Å². The summed E-state index contributed by atoms with van der Waals surface area (Å²) in [5.74, 6) is -1.11. The average molecular weight is 301 g/mol. The van der Waals surface area contributed by atoms with Crippen molar-refractivity contribution in [3.63, 3.8) is 0 Å². The zero-order valence-corrected chi connectivity index (χ0v) is 13.0. The van der Waals surface area contributed by atoms with Crippen molar-refractivity contribution in [2.24, 2.45) is 0 Å². The summed E-state index contributed by atoms with van der Waals surface area (Å²) in [5, 5.41) is 13.0. The molecule has 1 rings (SSSR count). The molecular formula is C16H25F2NO2. The summed E-state index contributed by atoms with van der Waals surface area (Å²) in [7, 11) is 0. The molecule has 21 heavy (non-hydrogen) atoms. The van der Waals surface area contributed by atoms with E-state index in [4.69, 9.17) is 4.74 Å². The number of hydrogen-bond donors (Lipinski definition) is 2. The highest BCUT2D eigenvalue weighted by molar-refractivity contribution is 5.23. The van der Waals surface area contributed by atoms with Gasteiger partial charge in [-0.1, -0.05) is 20.8 Å². The maximum atomic E-state index is 13.0. The lowest BCUT2D eigenvalue weighted by Gasteiger charge is -2.34. The monoisotopic (exact) mass is 301 g/mol. The largest absolute Gasteiger partial charge is 0.493 e. The topological polar surface area (TPSA) is 41.5 Å². The maximum absolute atomic E-state index is 13.0. The number of benzene rings is 1. The Labute approximate surface area is 125 Å². The molecule has 0 aliphatic heterocycles. The molecule has 1 aromatic carbocycles. The standard InChI is InChI=1S/C16H25F2NO2/c1-4-16(11-20,19-12(2)3)6-5-7-21-15-9-13(17)8-14(18)10-15/h8-10,12,19-20H,4-7,11H2,1-3H3. The van der Waals surface area contributed by atoms with Gasteiger partial charge in [-0.05, 0) is 19.3 Å². The van der Waals surface area contributed by atoms with Crippen LogP contribution < -0.4 is 10.1 Å². The minimum Gasteiger partial charge on any atom is -0.493 e. The van der Waals surface area contributed by atoms with Crippen LogP contribution in [0.1, 0.15) is 40.0 Å². The van der Waals surface area contributed by atoms with Gasteiger partial charge in [-0.25, -0.2) is 8.78 Å². The summed E-state index contributed by atoms with van der Waals surface area (Å²) in [6.07, 6.45) is 2.22. The highest BCUT2D eigenvalue weighted by Gasteiger charge is 2.27. The molecule has 0 bridgehead atoms. The molecule has 5 heteroatoms. The molecule has 0 radical (unpaired) electrons. The van der Waals surface area contributed by atoms with Crippen molar-refractivity contribution < 1.29 is 18.6 Å². The Bertz CT molecular complexity index is 414. The van der Waals surface area contributed by atoms with E-state index in [1.165, 1.54) is 0 Å². The van der Waals surface area contributed by atoms with Crippen molar-refractivity contribution in [3.05, 3.63) is 29.8 Å². The van der Waals surface area contributed by atoms with E-state index in [0.717, 1.165) is 31.0 Å². The molecule has 0 heterocycles. The second kappa shape index (κ2) is 8.29. The highest BCUT2D eigenvalue weighted by Crippen LogP contribution is 2.20. The fourth-order valence-corrected chi connectivity index (χ4v) is 2.41. The molecule has 0 amide bonds. The smallest absolute Gasteiger partial charge is 0.129 e. The van der Waals surface area contributed by atoms with Crippen molar-refractivity contribution in [2.75, 3.05) is 13.2 Å². The van der Waals surface area contributed by atoms with Crippen LogP contribution >= 0.6 is 0 Å². The first-order chi connectivity index (χ1) is 9.90. The SMILES string of the molecule is CCC(CO)(CCCOc1cc(F)cc(F)c1)NC(C)C. The second-order valence-corrected chi connectivity index (χ2v) is 5.65. The molecule has 0 aliphatic carbocycles. The molecule has 0 aromatic heterocycles. The van der Waals surface area contributed by atoms with Gasteiger partial charge in [-0.3, -0.25) is 0 Å². The highest BCUT2D eigenvalue weighted by atomic mass is 19.1. The number of rotatable bonds is 9. The van der Waals surface area contributed by atoms with Crippen LogP contribution in [0, 0.1) is 11.6 Å². The van der Waals surface area contributed by atoms with Crippen LogP contribution in [-0.4, -0.2) is 29.9 Å². The van der Waals surface area contributed by atoms with Gasteiger partial charge in [0.05, 0.1) is 13.2 Å². The molecule has 0 spiro atoms. The summed E-state index contributed by atoms with van der Waals surface area (Å²) < 4.78 is 31.4. The Morgan fingerprint density at radius 2 is 1.86 bits per heavy atom. The van der Waals surface area contributed by atoms with Gasteiger partial charge in [0.15, 0.2) is 0 Å². The van der Waals surface area contributed by atoms with Gasteiger partial charge in [-0.15, -0.1) is 0 Å². The van der Waals surface area contributed by atoms with E-state index in [-0.39, 0.29) is 23.9 Å². The zero-order chi connectivity index (χ0) is 15.9. The molecule has 1 atom stereocenters. The minimum atomic E-state index is -0.648. The Morgan fingerprint density at radius 3 is 2.33 bits per heavy atom. The first-order valence-corrected chi connectivity index (χ1v) is 7.38. The number of aliphatic hydroxyl groups excluding tert-OH is 1. The van der Waals surface area contributed by atoms with Crippen molar-refractivity contribution in [1.82, 2.24) is 5.32 Å². The lowest BCUT2D eigenvalue weighted by atomic mass is 9.90. The minimum absolute atomic E-state index is 0.0519. The van der Waals surface area contributed by atoms with E-state index in [0.29, 0.717) is 13.0 Å². The molecule has 2 N–H and O–H groups in total. The predicted molar refractivity (Wildman–Crippen MR) is 79.5 cm³/mol. The van der Waals surface area contributed by atoms with E-state index in [1.807, 2.05) is 20.8 Å². The number of ether oxygens (including phenoxy) is 1. The Morgan fingerprint density at radius 1 is 1.24 bits per heavy atom. The van der Waals surface area contributed by atoms with Crippen LogP contribution in [-0.2, 0) is 0 Å². The van der Waals surface area contributed by atoms with Crippen LogP contribution in [0.4, 0.5) is 8.78 Å². The first kappa shape index (κ1) is 17.9. The van der Waals surface area contributed by atoms with Gasteiger partial charge in [-0.2, -0.15) is 0 Å². The molecule has 0 saturated heterocycles. The molecule has 0 fully saturated rings. The fraction of sp³-hybridized carbons (Fsp3) is 0.625. The lowest BCUT2D eigenvalue weighted by molar-refractivity contribution is 0.129. The van der Waals surface area contributed by atoms with Gasteiger partial charge in [0, 0.05) is 29.8 Å². The third kappa shape index (κ3) is 5.98. The Balaban J connectivity index is 2.47. The van der Waals surface area contributed by atoms with Gasteiger partial charge in [0.1, 0.15) is 17.4 Å². The molecule has 120 valence electrons. The third-order valence-corrected chi connectivity index (χ3v) is 3.48. The summed E-state index contributed by atoms with van der Waals surface area (Å²) in [6.45, 7) is 6.49. The Kier molecular flexibility index (Phi) is 7.05. The lowest BCUT2D eigenvalue weighted by Crippen LogP contribution is -2.51. The summed E-state index contributed by atoms with van der Waals surface area (Å²) in [5.41, 5.74) is -0.329. The summed E-state index contributed by atoms with van der Waals surface area (Å²) >= 11 is 0. The molecule has 1 aromatic rings. The maximum Gasteiger partial charge on any atom is 0.129 e. The van der Waals surface area contributed by atoms with Crippen LogP contribution in [0.15, 0.2) is 18.2 Å². The summed E-state index contributed by atoms with van der Waals surface area (Å²) in [6, 6.07) is 3.41. The number of halogens is 2. The van der Waals surface area contributed by atoms with E-state index in [9.17, 15) is 13.9 Å². The second-order valence-electron chi connectivity index (χ2n) is 5.65. The van der Waals surface area contributed by atoms with E-state index in [2.05, 4.69) is 5.32 Å². The van der Waals surface area contributed by atoms with Gasteiger partial charge >= 0.3 is 0 Å². The van der Waals surface area contributed by atoms with Crippen molar-refractivity contribution >= 4 is 0 Å². The first-order valence-electron chi connectivity index (χ1n) is 7.38. The molecule has 3 nitrogen and oxygen atoms in total. The average Bonchev–Trinajstić information content (AvgIpc) is 2.41. The predicted octanol–water partition coefficient (Wildman–Crippen LogP) is 3.26. The fourth-order valence-electron chi connectivity index (χ4n) is 2.41. The van der Waals surface area contributed by atoms with Crippen molar-refractivity contribution in [2.45, 2.75) is 51.6 Å². The van der Waals surface area contributed by atoms with E-state index < -0.39 is 11.6 Å². The summed E-state index contributed by atoms with van der Waals surface area (Å²) in [4.78, 5) is 0. The molecular weight excluding hydrogens is 276 g/mol. The van der Waals surface area contributed by atoms with Crippen LogP contribution in [0.25, 0.3) is 0 Å². The van der Waals surface area contributed by atoms with Crippen LogP contribution in [0.2, 0.25) is 0 Å². The Hall–Kier alpha value is -1.20. The van der Waals surface area contributed by atoms with Crippen LogP contribution in [0.3, 0.4) is 0 Å². The van der Waals surface area contributed by atoms with Crippen molar-refractivity contribution in [3.8, 4) is 5.75 Å². The molecule has 0 saturated carbocycles. The van der Waals surface area contributed by atoms with E-state index in [1.54, 1.807) is 0 Å². The zero-order valence-electron chi connectivity index (χ0n) is 13.0. The van der Waals surface area contributed by atoms with Gasteiger partial charge < -0.3 is 15.2 Å². The molecule has 0 aliphatic rings. The quantitative estimate of drug-likeness (QED) is 0.688. The number of nitrogens with one attached hydrogen (secondary N) is 1. The number of aliphatic hydroxyl groups is 1. The van der Waals surface area contributed by atoms with Crippen molar-refractivity contribution in [1.29, 1.82) is 0 Å².